The van der Waals surface area contributed by atoms with E-state index in [-0.39, 0.29) is 0 Å². The largest absolute Gasteiger partial charge is 0.381 e. The fourth-order valence-electron chi connectivity index (χ4n) is 1.65. The predicted octanol–water partition coefficient (Wildman–Crippen LogP) is 3.04. The van der Waals surface area contributed by atoms with Crippen LogP contribution in [0.5, 0.6) is 0 Å². The summed E-state index contributed by atoms with van der Waals surface area (Å²) >= 11 is 0. The van der Waals surface area contributed by atoms with Crippen LogP contribution in [-0.4, -0.2) is 0 Å². The summed E-state index contributed by atoms with van der Waals surface area (Å²) in [5, 5.41) is 20.8. The van der Waals surface area contributed by atoms with Gasteiger partial charge >= 0.3 is 0 Å². The second-order valence-corrected chi connectivity index (χ2v) is 3.86. The van der Waals surface area contributed by atoms with Crippen molar-refractivity contribution >= 4 is 5.69 Å². The molecule has 0 aliphatic heterocycles. The van der Waals surface area contributed by atoms with Gasteiger partial charge < -0.3 is 5.32 Å². The van der Waals surface area contributed by atoms with Gasteiger partial charge in [0.15, 0.2) is 0 Å². The van der Waals surface area contributed by atoms with Gasteiger partial charge in [0.25, 0.3) is 0 Å². The predicted molar refractivity (Wildman–Crippen MR) is 69.6 cm³/mol. The van der Waals surface area contributed by atoms with Crippen molar-refractivity contribution in [3.8, 4) is 12.1 Å². The van der Waals surface area contributed by atoms with Crippen LogP contribution in [0.4, 0.5) is 5.69 Å². The Morgan fingerprint density at radius 3 is 2.28 bits per heavy atom. The molecule has 0 saturated carbocycles. The van der Waals surface area contributed by atoms with Crippen LogP contribution >= 0.6 is 0 Å². The first kappa shape index (κ1) is 11.7. The normalized spacial score (nSPS) is 9.22. The maximum atomic E-state index is 8.81. The molecule has 0 atom stereocenters. The zero-order valence-electron chi connectivity index (χ0n) is 9.72. The summed E-state index contributed by atoms with van der Waals surface area (Å²) in [4.78, 5) is 0. The molecule has 0 saturated heterocycles. The van der Waals surface area contributed by atoms with Gasteiger partial charge in [0.1, 0.15) is 0 Å². The summed E-state index contributed by atoms with van der Waals surface area (Å²) in [7, 11) is 0. The summed E-state index contributed by atoms with van der Waals surface area (Å²) in [5.74, 6) is 0. The van der Waals surface area contributed by atoms with E-state index in [0.717, 1.165) is 11.3 Å². The maximum absolute atomic E-state index is 8.81. The number of hydrogen-bond donors (Lipinski definition) is 1. The van der Waals surface area contributed by atoms with E-state index in [4.69, 9.17) is 10.5 Å². The number of nitrogens with zero attached hydrogens (tertiary/aromatic N) is 2. The van der Waals surface area contributed by atoms with E-state index in [1.54, 1.807) is 18.2 Å². The van der Waals surface area contributed by atoms with Crippen LogP contribution < -0.4 is 5.32 Å². The SMILES string of the molecule is N#Cc1cccc(CNc2cccc(C#N)c2)c1. The molecule has 2 rings (SSSR count). The Balaban J connectivity index is 2.07. The number of rotatable bonds is 3. The molecular formula is C15H11N3. The first-order chi connectivity index (χ1) is 8.81. The highest BCUT2D eigenvalue weighted by atomic mass is 14.9. The average Bonchev–Trinajstić information content (AvgIpc) is 2.45. The van der Waals surface area contributed by atoms with Gasteiger partial charge in [-0.1, -0.05) is 18.2 Å². The molecule has 0 radical (unpaired) electrons. The third kappa shape index (κ3) is 2.87. The fraction of sp³-hybridized carbons (Fsp3) is 0.0667. The molecule has 2 aromatic carbocycles. The zero-order valence-corrected chi connectivity index (χ0v) is 9.72. The maximum Gasteiger partial charge on any atom is 0.0992 e. The zero-order chi connectivity index (χ0) is 12.8. The Hall–Kier alpha value is -2.78. The second kappa shape index (κ2) is 5.52. The molecule has 0 bridgehead atoms. The summed E-state index contributed by atoms with van der Waals surface area (Å²) in [5.41, 5.74) is 3.22. The average molecular weight is 233 g/mol. The van der Waals surface area contributed by atoms with E-state index in [2.05, 4.69) is 17.5 Å². The van der Waals surface area contributed by atoms with Gasteiger partial charge in [0.05, 0.1) is 23.3 Å². The van der Waals surface area contributed by atoms with Crippen molar-refractivity contribution in [3.05, 3.63) is 65.2 Å². The third-order valence-electron chi connectivity index (χ3n) is 2.54. The first-order valence-corrected chi connectivity index (χ1v) is 5.55. The molecule has 0 aliphatic carbocycles. The summed E-state index contributed by atoms with van der Waals surface area (Å²) in [6.45, 7) is 0.629. The minimum absolute atomic E-state index is 0.629. The minimum atomic E-state index is 0.629. The molecule has 1 N–H and O–H groups in total. The Kier molecular flexibility index (Phi) is 3.59. The lowest BCUT2D eigenvalue weighted by Crippen LogP contribution is -1.99. The molecule has 0 aliphatic rings. The molecule has 0 unspecified atom stereocenters. The summed E-state index contributed by atoms with van der Waals surface area (Å²) in [6, 6.07) is 19.0. The first-order valence-electron chi connectivity index (χ1n) is 5.55. The number of nitriles is 2. The Labute approximate surface area is 106 Å². The van der Waals surface area contributed by atoms with Gasteiger partial charge in [-0.05, 0) is 35.9 Å². The van der Waals surface area contributed by atoms with Gasteiger partial charge in [-0.2, -0.15) is 10.5 Å². The summed E-state index contributed by atoms with van der Waals surface area (Å²) < 4.78 is 0. The van der Waals surface area contributed by atoms with Crippen molar-refractivity contribution in [1.82, 2.24) is 0 Å². The van der Waals surface area contributed by atoms with Gasteiger partial charge in [0, 0.05) is 12.2 Å². The molecule has 18 heavy (non-hydrogen) atoms. The van der Waals surface area contributed by atoms with E-state index in [9.17, 15) is 0 Å². The highest BCUT2D eigenvalue weighted by Gasteiger charge is 1.97. The summed E-state index contributed by atoms with van der Waals surface area (Å²) in [6.07, 6.45) is 0. The molecular weight excluding hydrogens is 222 g/mol. The second-order valence-electron chi connectivity index (χ2n) is 3.86. The van der Waals surface area contributed by atoms with E-state index in [0.29, 0.717) is 17.7 Å². The highest BCUT2D eigenvalue weighted by molar-refractivity contribution is 5.49. The van der Waals surface area contributed by atoms with Crippen molar-refractivity contribution in [1.29, 1.82) is 10.5 Å². The standard InChI is InChI=1S/C15H11N3/c16-9-12-3-1-5-14(7-12)11-18-15-6-2-4-13(8-15)10-17/h1-8,18H,11H2. The van der Waals surface area contributed by atoms with E-state index >= 15 is 0 Å². The number of anilines is 1. The molecule has 86 valence electrons. The Morgan fingerprint density at radius 2 is 1.56 bits per heavy atom. The van der Waals surface area contributed by atoms with E-state index in [1.807, 2.05) is 30.3 Å². The molecule has 3 nitrogen and oxygen atoms in total. The minimum Gasteiger partial charge on any atom is -0.381 e. The monoisotopic (exact) mass is 233 g/mol. The van der Waals surface area contributed by atoms with Crippen LogP contribution in [0.25, 0.3) is 0 Å². The molecule has 0 fully saturated rings. The Morgan fingerprint density at radius 1 is 0.889 bits per heavy atom. The van der Waals surface area contributed by atoms with Gasteiger partial charge in [0.2, 0.25) is 0 Å². The molecule has 0 amide bonds. The van der Waals surface area contributed by atoms with Crippen molar-refractivity contribution in [2.75, 3.05) is 5.32 Å². The van der Waals surface area contributed by atoms with Gasteiger partial charge in [-0.15, -0.1) is 0 Å². The molecule has 0 heterocycles. The van der Waals surface area contributed by atoms with Crippen LogP contribution in [-0.2, 0) is 6.54 Å². The lowest BCUT2D eigenvalue weighted by Gasteiger charge is -2.06. The van der Waals surface area contributed by atoms with Crippen molar-refractivity contribution in [2.24, 2.45) is 0 Å². The van der Waals surface area contributed by atoms with E-state index < -0.39 is 0 Å². The Bertz CT molecular complexity index is 575. The lowest BCUT2D eigenvalue weighted by molar-refractivity contribution is 1.15. The van der Waals surface area contributed by atoms with Crippen LogP contribution in [0, 0.1) is 22.7 Å². The number of benzene rings is 2. The highest BCUT2D eigenvalue weighted by Crippen LogP contribution is 2.12. The van der Waals surface area contributed by atoms with Crippen LogP contribution in [0.3, 0.4) is 0 Å². The lowest BCUT2D eigenvalue weighted by atomic mass is 10.1. The third-order valence-corrected chi connectivity index (χ3v) is 2.54. The fourth-order valence-corrected chi connectivity index (χ4v) is 1.65. The van der Waals surface area contributed by atoms with Crippen molar-refractivity contribution in [3.63, 3.8) is 0 Å². The number of nitrogens with one attached hydrogen (secondary N) is 1. The number of hydrogen-bond acceptors (Lipinski definition) is 3. The quantitative estimate of drug-likeness (QED) is 0.886. The van der Waals surface area contributed by atoms with Crippen LogP contribution in [0.1, 0.15) is 16.7 Å². The van der Waals surface area contributed by atoms with Crippen molar-refractivity contribution < 1.29 is 0 Å². The topological polar surface area (TPSA) is 59.6 Å². The van der Waals surface area contributed by atoms with Crippen LogP contribution in [0.15, 0.2) is 48.5 Å². The van der Waals surface area contributed by atoms with Crippen molar-refractivity contribution in [2.45, 2.75) is 6.54 Å². The molecule has 0 aromatic heterocycles. The van der Waals surface area contributed by atoms with Crippen LogP contribution in [0.2, 0.25) is 0 Å². The molecule has 2 aromatic rings. The van der Waals surface area contributed by atoms with E-state index in [1.165, 1.54) is 0 Å². The molecule has 3 heteroatoms. The molecule has 0 spiro atoms. The smallest absolute Gasteiger partial charge is 0.0992 e. The van der Waals surface area contributed by atoms with Gasteiger partial charge in [-0.25, -0.2) is 0 Å². The van der Waals surface area contributed by atoms with Gasteiger partial charge in [-0.3, -0.25) is 0 Å².